The molecule has 0 bridgehead atoms. The van der Waals surface area contributed by atoms with Crippen LogP contribution in [0.4, 0.5) is 68.2 Å². The summed E-state index contributed by atoms with van der Waals surface area (Å²) in [5, 5.41) is 7.89. The van der Waals surface area contributed by atoms with Crippen molar-refractivity contribution in [2.75, 3.05) is 19.6 Å². The Bertz CT molecular complexity index is 8790. The van der Waals surface area contributed by atoms with Gasteiger partial charge in [0.1, 0.15) is 33.5 Å². The molecule has 2 aliphatic carbocycles. The molecule has 0 fully saturated rings. The van der Waals surface area contributed by atoms with Gasteiger partial charge in [0.15, 0.2) is 11.2 Å². The maximum absolute atomic E-state index is 7.99. The lowest BCUT2D eigenvalue weighted by atomic mass is 9.67. The van der Waals surface area contributed by atoms with Gasteiger partial charge in [-0.05, 0) is 251 Å². The largest absolute Gasteiger partial charge is 0.455 e. The Labute approximate surface area is 775 Å². The molecule has 634 valence electrons. The highest BCUT2D eigenvalue weighted by molar-refractivity contribution is 6.29. The molecular weight excluding hydrogens is 1630 g/mol. The standard InChI is InChI=1S/C126H86N4O4/c1-79-39-36-59-93(71-79)127(89-51-18-8-19-52-89)105-75-102-120(123-113(105)95-61-28-33-66-109(95)133-123)117-100(77-107(121-115(117)97-63-30-35-68-111(97)131-121)128(90-53-20-9-21-54-90)94-60-37-40-80(2)72-94)126(102,87-48-16-7-17-49-87)88-50-38-43-83(73-88)84-69-70-112-98(74-84)116-118-99(78-108(122(116)132-112)130(92-57-24-11-25-58-92)104-65-32-27-42-82(104)4)125(85-44-12-5-13-45-85,86-46-14-6-15-47-86)101-76-106(114-96-62-29-34-67-110(96)134-124(114)119(101)118)129(91-55-22-10-23-56-91)103-64-31-26-41-81(103)3/h5-78H,1-4H3. The zero-order valence-corrected chi connectivity index (χ0v) is 74.1. The van der Waals surface area contributed by atoms with E-state index >= 15 is 0 Å². The molecule has 4 heterocycles. The number of hydrogen-bond donors (Lipinski definition) is 0. The molecule has 1 atom stereocenters. The summed E-state index contributed by atoms with van der Waals surface area (Å²) in [6, 6.07) is 165. The van der Waals surface area contributed by atoms with Crippen molar-refractivity contribution in [2.24, 2.45) is 0 Å². The SMILES string of the molecule is Cc1cccc(N(c2ccccc2)c2cc3c(c4c2oc2ccccc24)-c2c(cc(N(c4ccccc4)c4cccc(C)c4)c4c2oc2ccccc24)C3(c2ccccc2)c2cccc(-c3ccc4oc5c(N(c6ccccc6)c6ccccc6C)cc6c(c5c4c3)-c3c(cc(N(c4ccccc4)c4ccccc4C)c4c3oc3ccccc34)C6(c3ccccc3)c3ccccc3)c2)c1. The minimum Gasteiger partial charge on any atom is -0.455 e. The lowest BCUT2D eigenvalue weighted by molar-refractivity contribution is 0.668. The van der Waals surface area contributed by atoms with Crippen molar-refractivity contribution in [3.63, 3.8) is 0 Å². The van der Waals surface area contributed by atoms with Gasteiger partial charge in [-0.15, -0.1) is 0 Å². The molecule has 0 spiro atoms. The summed E-state index contributed by atoms with van der Waals surface area (Å²) < 4.78 is 31.3. The number of hydrogen-bond acceptors (Lipinski definition) is 8. The van der Waals surface area contributed by atoms with E-state index in [0.717, 1.165) is 256 Å². The summed E-state index contributed by atoms with van der Waals surface area (Å²) in [5.74, 6) is 0. The maximum atomic E-state index is 7.99. The lowest BCUT2D eigenvalue weighted by Gasteiger charge is -2.36. The third kappa shape index (κ3) is 11.7. The highest BCUT2D eigenvalue weighted by Gasteiger charge is 2.53. The smallest absolute Gasteiger partial charge is 0.160 e. The first kappa shape index (κ1) is 77.9. The summed E-state index contributed by atoms with van der Waals surface area (Å²) in [7, 11) is 0. The molecule has 1 unspecified atom stereocenters. The van der Waals surface area contributed by atoms with E-state index in [1.54, 1.807) is 0 Å². The zero-order valence-electron chi connectivity index (χ0n) is 74.1. The first-order valence-electron chi connectivity index (χ1n) is 46.1. The van der Waals surface area contributed by atoms with Gasteiger partial charge >= 0.3 is 0 Å². The van der Waals surface area contributed by atoms with Crippen LogP contribution in [-0.4, -0.2) is 0 Å². The van der Waals surface area contributed by atoms with Crippen LogP contribution in [0.1, 0.15) is 66.8 Å². The molecule has 0 N–H and O–H groups in total. The summed E-state index contributed by atoms with van der Waals surface area (Å²) in [6.07, 6.45) is 0. The van der Waals surface area contributed by atoms with Crippen LogP contribution in [0.2, 0.25) is 0 Å². The highest BCUT2D eigenvalue weighted by atomic mass is 16.3. The minimum absolute atomic E-state index is 0.730. The number of anilines is 12. The number of nitrogens with zero attached hydrogens (tertiary/aromatic N) is 4. The fraction of sp³-hybridized carbons (Fsp3) is 0.0476. The van der Waals surface area contributed by atoms with Crippen LogP contribution in [0, 0.1) is 27.7 Å². The monoisotopic (exact) mass is 1720 g/mol. The number of benzene rings is 20. The van der Waals surface area contributed by atoms with Gasteiger partial charge < -0.3 is 37.3 Å². The van der Waals surface area contributed by atoms with Crippen LogP contribution in [-0.2, 0) is 10.8 Å². The van der Waals surface area contributed by atoms with Crippen molar-refractivity contribution in [3.8, 4) is 33.4 Å². The van der Waals surface area contributed by atoms with Crippen molar-refractivity contribution < 1.29 is 17.7 Å². The summed E-state index contributed by atoms with van der Waals surface area (Å²) >= 11 is 0. The molecule has 0 saturated heterocycles. The third-order valence-electron chi connectivity index (χ3n) is 28.2. The van der Waals surface area contributed by atoms with Gasteiger partial charge in [0.2, 0.25) is 0 Å². The highest BCUT2D eigenvalue weighted by Crippen LogP contribution is 2.68. The molecule has 2 aliphatic rings. The summed E-state index contributed by atoms with van der Waals surface area (Å²) in [6.45, 7) is 8.79. The van der Waals surface area contributed by atoms with E-state index in [0.29, 0.717) is 0 Å². The fourth-order valence-corrected chi connectivity index (χ4v) is 22.6. The summed E-state index contributed by atoms with van der Waals surface area (Å²) in [5.41, 5.74) is 34.9. The van der Waals surface area contributed by atoms with Crippen LogP contribution < -0.4 is 19.6 Å². The van der Waals surface area contributed by atoms with E-state index in [1.807, 2.05) is 0 Å². The van der Waals surface area contributed by atoms with Crippen molar-refractivity contribution in [3.05, 3.63) is 516 Å². The van der Waals surface area contributed by atoms with Gasteiger partial charge in [-0.3, -0.25) is 0 Å². The molecular formula is C126H86N4O4. The van der Waals surface area contributed by atoms with E-state index in [9.17, 15) is 0 Å². The second kappa shape index (κ2) is 30.7. The maximum Gasteiger partial charge on any atom is 0.160 e. The number of aryl methyl sites for hydroxylation is 4. The average molecular weight is 1720 g/mol. The molecule has 0 saturated carbocycles. The molecule has 0 aliphatic heterocycles. The normalized spacial score (nSPS) is 13.6. The van der Waals surface area contributed by atoms with Gasteiger partial charge in [-0.1, -0.05) is 303 Å². The van der Waals surface area contributed by atoms with Gasteiger partial charge in [0.05, 0.1) is 44.4 Å². The molecule has 20 aromatic carbocycles. The second-order valence-electron chi connectivity index (χ2n) is 35.8. The molecule has 24 aromatic rings. The Morgan fingerprint density at radius 3 is 0.940 bits per heavy atom. The molecule has 4 aromatic heterocycles. The average Bonchev–Trinajstić information content (AvgIpc) is 1.50. The van der Waals surface area contributed by atoms with E-state index in [-0.39, 0.29) is 0 Å². The third-order valence-corrected chi connectivity index (χ3v) is 28.2. The van der Waals surface area contributed by atoms with Crippen LogP contribution >= 0.6 is 0 Å². The van der Waals surface area contributed by atoms with Crippen LogP contribution in [0.3, 0.4) is 0 Å². The van der Waals surface area contributed by atoms with Gasteiger partial charge in [0.25, 0.3) is 0 Å². The van der Waals surface area contributed by atoms with Crippen LogP contribution in [0.15, 0.2) is 467 Å². The molecule has 0 radical (unpaired) electrons. The zero-order chi connectivity index (χ0) is 89.0. The van der Waals surface area contributed by atoms with Crippen molar-refractivity contribution in [2.45, 2.75) is 38.5 Å². The van der Waals surface area contributed by atoms with Crippen molar-refractivity contribution in [1.82, 2.24) is 0 Å². The van der Waals surface area contributed by atoms with Crippen molar-refractivity contribution in [1.29, 1.82) is 0 Å². The van der Waals surface area contributed by atoms with E-state index in [1.165, 1.54) is 0 Å². The first-order chi connectivity index (χ1) is 66.1. The second-order valence-corrected chi connectivity index (χ2v) is 35.8. The Morgan fingerprint density at radius 2 is 0.493 bits per heavy atom. The minimum atomic E-state index is -1.15. The fourth-order valence-electron chi connectivity index (χ4n) is 22.6. The molecule has 26 rings (SSSR count). The Morgan fingerprint density at radius 1 is 0.187 bits per heavy atom. The number of rotatable bonds is 17. The lowest BCUT2D eigenvalue weighted by Crippen LogP contribution is -2.29. The Balaban J connectivity index is 0.811. The van der Waals surface area contributed by atoms with E-state index < -0.39 is 10.8 Å². The van der Waals surface area contributed by atoms with Gasteiger partial charge in [-0.2, -0.15) is 0 Å². The predicted molar refractivity (Wildman–Crippen MR) is 553 cm³/mol. The molecule has 8 heteroatoms. The van der Waals surface area contributed by atoms with Gasteiger partial charge in [-0.25, -0.2) is 0 Å². The Kier molecular flexibility index (Phi) is 17.9. The van der Waals surface area contributed by atoms with Crippen LogP contribution in [0.25, 0.3) is 121 Å². The quantitative estimate of drug-likeness (QED) is 0.0894. The molecule has 0 amide bonds. The molecule has 8 nitrogen and oxygen atoms in total. The van der Waals surface area contributed by atoms with E-state index in [4.69, 9.17) is 17.7 Å². The topological polar surface area (TPSA) is 65.5 Å². The Hall–Kier alpha value is -17.2. The predicted octanol–water partition coefficient (Wildman–Crippen LogP) is 34.8. The molecule has 134 heavy (non-hydrogen) atoms. The van der Waals surface area contributed by atoms with Crippen molar-refractivity contribution >= 4 is 156 Å². The van der Waals surface area contributed by atoms with Gasteiger partial charge in [0, 0.05) is 100 Å². The summed E-state index contributed by atoms with van der Waals surface area (Å²) in [4.78, 5) is 9.75. The van der Waals surface area contributed by atoms with E-state index in [2.05, 4.69) is 496 Å². The van der Waals surface area contributed by atoms with Crippen LogP contribution in [0.5, 0.6) is 0 Å². The number of para-hydroxylation sites is 9. The number of furan rings is 4. The first-order valence-corrected chi connectivity index (χ1v) is 46.1. The number of fused-ring (bicyclic) bond motifs is 22.